The van der Waals surface area contributed by atoms with E-state index in [9.17, 15) is 9.90 Å². The molecule has 1 aromatic carbocycles. The predicted molar refractivity (Wildman–Crippen MR) is 67.6 cm³/mol. The van der Waals surface area contributed by atoms with Crippen LogP contribution in [-0.4, -0.2) is 30.8 Å². The fourth-order valence-corrected chi connectivity index (χ4v) is 1.37. The van der Waals surface area contributed by atoms with E-state index in [1.54, 1.807) is 12.1 Å². The van der Waals surface area contributed by atoms with Gasteiger partial charge in [0.2, 0.25) is 6.41 Å². The highest BCUT2D eigenvalue weighted by atomic mass is 35.5. The molecule has 1 atom stereocenters. The number of carbonyl (C=O) groups is 1. The average molecular weight is 295 g/mol. The molecule has 0 heterocycles. The van der Waals surface area contributed by atoms with E-state index in [2.05, 4.69) is 10.1 Å². The summed E-state index contributed by atoms with van der Waals surface area (Å²) < 4.78 is 9.32. The van der Waals surface area contributed by atoms with Crippen LogP contribution in [0.4, 0.5) is 10.5 Å². The van der Waals surface area contributed by atoms with Gasteiger partial charge in [-0.25, -0.2) is 4.79 Å². The number of amides is 1. The van der Waals surface area contributed by atoms with Crippen molar-refractivity contribution in [2.24, 2.45) is 5.73 Å². The Hall–Kier alpha value is -1.21. The van der Waals surface area contributed by atoms with Gasteiger partial charge in [0.05, 0.1) is 16.7 Å². The van der Waals surface area contributed by atoms with Gasteiger partial charge >= 0.3 is 6.09 Å². The molecule has 1 unspecified atom stereocenters. The molecule has 1 rings (SSSR count). The van der Waals surface area contributed by atoms with E-state index in [-0.39, 0.29) is 13.2 Å². The first-order chi connectivity index (χ1) is 8.49. The summed E-state index contributed by atoms with van der Waals surface area (Å²) >= 11 is 11.5. The fraction of sp³-hybridized carbons (Fsp3) is 0.300. The second-order valence-corrected chi connectivity index (χ2v) is 3.98. The van der Waals surface area contributed by atoms with E-state index in [0.717, 1.165) is 0 Å². The normalized spacial score (nSPS) is 11.9. The molecule has 0 aliphatic rings. The zero-order valence-corrected chi connectivity index (χ0v) is 10.7. The minimum atomic E-state index is -1.27. The summed E-state index contributed by atoms with van der Waals surface area (Å²) in [6.07, 6.45) is -2.16. The Morgan fingerprint density at radius 3 is 2.72 bits per heavy atom. The largest absolute Gasteiger partial charge is 0.447 e. The number of halogens is 2. The van der Waals surface area contributed by atoms with Crippen molar-refractivity contribution in [2.45, 2.75) is 6.41 Å². The Morgan fingerprint density at radius 2 is 2.11 bits per heavy atom. The predicted octanol–water partition coefficient (Wildman–Crippen LogP) is 1.79. The molecular formula is C10H12Cl2N2O4. The molecule has 100 valence electrons. The standard InChI is InChI=1S/C10H12Cl2N2O4/c11-7-2-1-6(5-8(7)12)14-10(16)18-4-3-17-9(13)15/h1-2,5,10,14,16H,3-4H2,(H2,13,15). The molecule has 8 heteroatoms. The van der Waals surface area contributed by atoms with E-state index >= 15 is 0 Å². The Kier molecular flexibility index (Phi) is 6.00. The van der Waals surface area contributed by atoms with Crippen molar-refractivity contribution in [3.05, 3.63) is 28.2 Å². The third kappa shape index (κ3) is 5.42. The molecule has 1 aromatic rings. The van der Waals surface area contributed by atoms with Gasteiger partial charge in [0.1, 0.15) is 6.61 Å². The Labute approximate surface area is 114 Å². The highest BCUT2D eigenvalue weighted by molar-refractivity contribution is 6.42. The summed E-state index contributed by atoms with van der Waals surface area (Å²) in [5.41, 5.74) is 5.28. The van der Waals surface area contributed by atoms with Gasteiger partial charge in [0.25, 0.3) is 0 Å². The number of nitrogens with two attached hydrogens (primary N) is 1. The van der Waals surface area contributed by atoms with Crippen molar-refractivity contribution >= 4 is 35.0 Å². The molecule has 0 spiro atoms. The number of anilines is 1. The number of benzene rings is 1. The van der Waals surface area contributed by atoms with Crippen molar-refractivity contribution in [1.82, 2.24) is 0 Å². The second kappa shape index (κ2) is 7.27. The first kappa shape index (κ1) is 14.8. The highest BCUT2D eigenvalue weighted by Gasteiger charge is 2.06. The lowest BCUT2D eigenvalue weighted by atomic mass is 10.3. The van der Waals surface area contributed by atoms with Crippen molar-refractivity contribution in [1.29, 1.82) is 0 Å². The van der Waals surface area contributed by atoms with Gasteiger partial charge in [0.15, 0.2) is 0 Å². The topological polar surface area (TPSA) is 93.8 Å². The molecule has 0 bridgehead atoms. The number of ether oxygens (including phenoxy) is 2. The van der Waals surface area contributed by atoms with Crippen molar-refractivity contribution in [2.75, 3.05) is 18.5 Å². The maximum absolute atomic E-state index is 10.2. The van der Waals surface area contributed by atoms with E-state index in [4.69, 9.17) is 33.7 Å². The third-order valence-electron chi connectivity index (χ3n) is 1.81. The van der Waals surface area contributed by atoms with Gasteiger partial charge in [-0.2, -0.15) is 0 Å². The number of primary amides is 1. The summed E-state index contributed by atoms with van der Waals surface area (Å²) in [6.45, 7) is -0.0477. The van der Waals surface area contributed by atoms with E-state index in [1.165, 1.54) is 6.07 Å². The summed E-state index contributed by atoms with van der Waals surface area (Å²) in [5.74, 6) is 0. The molecule has 1 amide bonds. The summed E-state index contributed by atoms with van der Waals surface area (Å²) in [7, 11) is 0. The molecule has 18 heavy (non-hydrogen) atoms. The number of aliphatic hydroxyl groups excluding tert-OH is 1. The minimum absolute atomic E-state index is 0.00156. The van der Waals surface area contributed by atoms with Crippen LogP contribution in [0.2, 0.25) is 10.0 Å². The van der Waals surface area contributed by atoms with E-state index < -0.39 is 12.5 Å². The molecule has 4 N–H and O–H groups in total. The average Bonchev–Trinajstić information content (AvgIpc) is 2.29. The Morgan fingerprint density at radius 1 is 1.39 bits per heavy atom. The van der Waals surface area contributed by atoms with Crippen molar-refractivity contribution < 1.29 is 19.4 Å². The van der Waals surface area contributed by atoms with Gasteiger partial charge in [-0.05, 0) is 18.2 Å². The fourth-order valence-electron chi connectivity index (χ4n) is 1.07. The lowest BCUT2D eigenvalue weighted by Crippen LogP contribution is -2.25. The van der Waals surface area contributed by atoms with E-state index in [1.807, 2.05) is 0 Å². The number of hydrogen-bond donors (Lipinski definition) is 3. The van der Waals surface area contributed by atoms with Crippen molar-refractivity contribution in [3.8, 4) is 0 Å². The zero-order chi connectivity index (χ0) is 13.5. The van der Waals surface area contributed by atoms with Gasteiger partial charge < -0.3 is 25.6 Å². The number of hydrogen-bond acceptors (Lipinski definition) is 5. The third-order valence-corrected chi connectivity index (χ3v) is 2.55. The number of rotatable bonds is 6. The van der Waals surface area contributed by atoms with Crippen LogP contribution in [0, 0.1) is 0 Å². The van der Waals surface area contributed by atoms with Crippen LogP contribution in [0.3, 0.4) is 0 Å². The molecule has 0 aliphatic carbocycles. The van der Waals surface area contributed by atoms with Crippen LogP contribution in [-0.2, 0) is 9.47 Å². The summed E-state index contributed by atoms with van der Waals surface area (Å²) in [6, 6.07) is 4.74. The van der Waals surface area contributed by atoms with Gasteiger partial charge in [-0.15, -0.1) is 0 Å². The lowest BCUT2D eigenvalue weighted by Gasteiger charge is -2.15. The lowest BCUT2D eigenvalue weighted by molar-refractivity contribution is -0.0872. The molecule has 0 radical (unpaired) electrons. The molecule has 0 fully saturated rings. The van der Waals surface area contributed by atoms with Crippen molar-refractivity contribution in [3.63, 3.8) is 0 Å². The molecule has 0 saturated carbocycles. The molecule has 0 aromatic heterocycles. The smallest absolute Gasteiger partial charge is 0.404 e. The van der Waals surface area contributed by atoms with Crippen LogP contribution < -0.4 is 11.1 Å². The summed E-state index contributed by atoms with van der Waals surface area (Å²) in [5, 5.41) is 12.8. The highest BCUT2D eigenvalue weighted by Crippen LogP contribution is 2.25. The van der Waals surface area contributed by atoms with Gasteiger partial charge in [-0.3, -0.25) is 0 Å². The maximum atomic E-state index is 10.2. The van der Waals surface area contributed by atoms with E-state index in [0.29, 0.717) is 15.7 Å². The van der Waals surface area contributed by atoms with Crippen LogP contribution in [0.15, 0.2) is 18.2 Å². The first-order valence-corrected chi connectivity index (χ1v) is 5.68. The summed E-state index contributed by atoms with van der Waals surface area (Å²) in [4.78, 5) is 10.2. The number of aliphatic hydroxyl groups is 1. The van der Waals surface area contributed by atoms with Crippen LogP contribution in [0.1, 0.15) is 0 Å². The number of carbonyl (C=O) groups excluding carboxylic acids is 1. The SMILES string of the molecule is NC(=O)OCCOC(O)Nc1ccc(Cl)c(Cl)c1. The second-order valence-electron chi connectivity index (χ2n) is 3.16. The zero-order valence-electron chi connectivity index (χ0n) is 9.23. The number of nitrogens with one attached hydrogen (secondary N) is 1. The quantitative estimate of drug-likeness (QED) is 0.549. The molecule has 0 saturated heterocycles. The Bertz CT molecular complexity index is 417. The maximum Gasteiger partial charge on any atom is 0.404 e. The Balaban J connectivity index is 2.33. The van der Waals surface area contributed by atoms with Crippen LogP contribution >= 0.6 is 23.2 Å². The van der Waals surface area contributed by atoms with Crippen LogP contribution in [0.25, 0.3) is 0 Å². The molecule has 6 nitrogen and oxygen atoms in total. The molecule has 0 aliphatic heterocycles. The van der Waals surface area contributed by atoms with Gasteiger partial charge in [0, 0.05) is 5.69 Å². The van der Waals surface area contributed by atoms with Crippen LogP contribution in [0.5, 0.6) is 0 Å². The first-order valence-electron chi connectivity index (χ1n) is 4.92. The minimum Gasteiger partial charge on any atom is -0.447 e. The van der Waals surface area contributed by atoms with Gasteiger partial charge in [-0.1, -0.05) is 23.2 Å². The molecular weight excluding hydrogens is 283 g/mol. The monoisotopic (exact) mass is 294 g/mol.